The quantitative estimate of drug-likeness (QED) is 0.608. The number of carboxylic acid groups (broad SMARTS) is 1. The second kappa shape index (κ2) is 9.34. The van der Waals surface area contributed by atoms with Gasteiger partial charge in [0.15, 0.2) is 0 Å². The van der Waals surface area contributed by atoms with Crippen molar-refractivity contribution < 1.29 is 9.90 Å². The Morgan fingerprint density at radius 3 is 2.35 bits per heavy atom. The normalized spacial score (nSPS) is 11.4. The maximum absolute atomic E-state index is 11.6. The van der Waals surface area contributed by atoms with Crippen molar-refractivity contribution in [3.8, 4) is 0 Å². The van der Waals surface area contributed by atoms with Gasteiger partial charge in [-0.05, 0) is 70.1 Å². The molecule has 0 amide bonds. The number of hydrogen-bond donors (Lipinski definition) is 1. The summed E-state index contributed by atoms with van der Waals surface area (Å²) in [5.41, 5.74) is 6.19. The van der Waals surface area contributed by atoms with Gasteiger partial charge in [0, 0.05) is 0 Å². The first-order chi connectivity index (χ1) is 10.9. The predicted octanol–water partition coefficient (Wildman–Crippen LogP) is 5.88. The van der Waals surface area contributed by atoms with E-state index < -0.39 is 5.97 Å². The standard InChI is InChI=1S/C21H30O2/c1-6-8-19-14-13-18(17(5)20(19)21(22)23)12-11-16(4)10-7-9-15(2)3/h9,11,13-14H,6-8,10,12H2,1-5H3,(H,22,23)/b16-11+. The molecule has 0 saturated carbocycles. The Bertz CT molecular complexity index is 603. The topological polar surface area (TPSA) is 37.3 Å². The van der Waals surface area contributed by atoms with Gasteiger partial charge in [-0.2, -0.15) is 0 Å². The molecule has 126 valence electrons. The Morgan fingerprint density at radius 1 is 1.13 bits per heavy atom. The Labute approximate surface area is 140 Å². The third kappa shape index (κ3) is 6.05. The molecule has 1 aromatic carbocycles. The minimum Gasteiger partial charge on any atom is -0.478 e. The van der Waals surface area contributed by atoms with Gasteiger partial charge in [-0.3, -0.25) is 0 Å². The molecule has 0 aliphatic rings. The second-order valence-corrected chi connectivity index (χ2v) is 6.51. The predicted molar refractivity (Wildman–Crippen MR) is 98.3 cm³/mol. The van der Waals surface area contributed by atoms with Gasteiger partial charge in [0.25, 0.3) is 0 Å². The molecule has 0 saturated heterocycles. The molecule has 0 spiro atoms. The Balaban J connectivity index is 2.91. The summed E-state index contributed by atoms with van der Waals surface area (Å²) in [5.74, 6) is -0.808. The van der Waals surface area contributed by atoms with Gasteiger partial charge < -0.3 is 5.11 Å². The molecule has 0 aliphatic carbocycles. The summed E-state index contributed by atoms with van der Waals surface area (Å²) < 4.78 is 0. The zero-order chi connectivity index (χ0) is 17.4. The maximum Gasteiger partial charge on any atom is 0.336 e. The lowest BCUT2D eigenvalue weighted by Gasteiger charge is -2.12. The highest BCUT2D eigenvalue weighted by atomic mass is 16.4. The molecule has 2 nitrogen and oxygen atoms in total. The van der Waals surface area contributed by atoms with Crippen LogP contribution in [-0.4, -0.2) is 11.1 Å². The SMILES string of the molecule is CCCc1ccc(C/C=C(\C)CCC=C(C)C)c(C)c1C(=O)O. The molecule has 1 rings (SSSR count). The minimum absolute atomic E-state index is 0.500. The van der Waals surface area contributed by atoms with Gasteiger partial charge in [-0.15, -0.1) is 0 Å². The second-order valence-electron chi connectivity index (χ2n) is 6.51. The number of carbonyl (C=O) groups is 1. The number of aryl methyl sites for hydroxylation is 1. The highest BCUT2D eigenvalue weighted by Gasteiger charge is 2.15. The summed E-state index contributed by atoms with van der Waals surface area (Å²) in [7, 11) is 0. The van der Waals surface area contributed by atoms with E-state index in [0.717, 1.165) is 48.8 Å². The Kier molecular flexibility index (Phi) is 7.80. The van der Waals surface area contributed by atoms with Crippen LogP contribution in [0.1, 0.15) is 74.0 Å². The zero-order valence-electron chi connectivity index (χ0n) is 15.2. The van der Waals surface area contributed by atoms with Crippen molar-refractivity contribution in [1.29, 1.82) is 0 Å². The van der Waals surface area contributed by atoms with Gasteiger partial charge in [0.05, 0.1) is 5.56 Å². The zero-order valence-corrected chi connectivity index (χ0v) is 15.2. The van der Waals surface area contributed by atoms with Crippen molar-refractivity contribution in [3.05, 3.63) is 57.7 Å². The van der Waals surface area contributed by atoms with E-state index in [2.05, 4.69) is 45.9 Å². The van der Waals surface area contributed by atoms with Crippen LogP contribution in [0, 0.1) is 6.92 Å². The molecule has 0 atom stereocenters. The number of rotatable bonds is 8. The molecule has 2 heteroatoms. The fourth-order valence-corrected chi connectivity index (χ4v) is 2.78. The summed E-state index contributed by atoms with van der Waals surface area (Å²) in [6.45, 7) is 10.4. The van der Waals surface area contributed by atoms with Crippen molar-refractivity contribution in [1.82, 2.24) is 0 Å². The number of aromatic carboxylic acids is 1. The molecule has 1 aromatic rings. The lowest BCUT2D eigenvalue weighted by molar-refractivity contribution is 0.0694. The fourth-order valence-electron chi connectivity index (χ4n) is 2.78. The average Bonchev–Trinajstić information content (AvgIpc) is 2.46. The molecule has 0 heterocycles. The largest absolute Gasteiger partial charge is 0.478 e. The van der Waals surface area contributed by atoms with Crippen LogP contribution in [0.5, 0.6) is 0 Å². The van der Waals surface area contributed by atoms with E-state index in [1.54, 1.807) is 0 Å². The first-order valence-corrected chi connectivity index (χ1v) is 8.50. The highest BCUT2D eigenvalue weighted by Crippen LogP contribution is 2.22. The molecule has 0 radical (unpaired) electrons. The van der Waals surface area contributed by atoms with Crippen molar-refractivity contribution in [3.63, 3.8) is 0 Å². The van der Waals surface area contributed by atoms with Gasteiger partial charge in [-0.1, -0.05) is 48.8 Å². The lowest BCUT2D eigenvalue weighted by atomic mass is 9.92. The summed E-state index contributed by atoms with van der Waals surface area (Å²) in [4.78, 5) is 11.6. The molecule has 0 bridgehead atoms. The van der Waals surface area contributed by atoms with E-state index in [4.69, 9.17) is 0 Å². The van der Waals surface area contributed by atoms with Crippen molar-refractivity contribution >= 4 is 5.97 Å². The minimum atomic E-state index is -0.808. The van der Waals surface area contributed by atoms with E-state index in [9.17, 15) is 9.90 Å². The summed E-state index contributed by atoms with van der Waals surface area (Å²) in [6.07, 6.45) is 9.20. The number of hydrogen-bond acceptors (Lipinski definition) is 1. The molecule has 0 aliphatic heterocycles. The molecule has 0 fully saturated rings. The summed E-state index contributed by atoms with van der Waals surface area (Å²) in [5, 5.41) is 9.52. The van der Waals surface area contributed by atoms with Crippen molar-refractivity contribution in [2.45, 2.75) is 66.7 Å². The smallest absolute Gasteiger partial charge is 0.336 e. The Hall–Kier alpha value is -1.83. The van der Waals surface area contributed by atoms with Crippen LogP contribution in [0.4, 0.5) is 0 Å². The van der Waals surface area contributed by atoms with E-state index in [1.807, 2.05) is 13.0 Å². The van der Waals surface area contributed by atoms with Crippen molar-refractivity contribution in [2.24, 2.45) is 0 Å². The maximum atomic E-state index is 11.6. The summed E-state index contributed by atoms with van der Waals surface area (Å²) in [6, 6.07) is 4.08. The number of allylic oxidation sites excluding steroid dienone is 4. The van der Waals surface area contributed by atoms with E-state index >= 15 is 0 Å². The Morgan fingerprint density at radius 2 is 1.78 bits per heavy atom. The van der Waals surface area contributed by atoms with Crippen LogP contribution in [0.2, 0.25) is 0 Å². The van der Waals surface area contributed by atoms with Crippen LogP contribution in [-0.2, 0) is 12.8 Å². The van der Waals surface area contributed by atoms with Gasteiger partial charge >= 0.3 is 5.97 Å². The highest BCUT2D eigenvalue weighted by molar-refractivity contribution is 5.91. The van der Waals surface area contributed by atoms with E-state index in [1.165, 1.54) is 11.1 Å². The number of carboxylic acids is 1. The lowest BCUT2D eigenvalue weighted by Crippen LogP contribution is -2.07. The average molecular weight is 314 g/mol. The fraction of sp³-hybridized carbons (Fsp3) is 0.476. The monoisotopic (exact) mass is 314 g/mol. The van der Waals surface area contributed by atoms with Crippen LogP contribution >= 0.6 is 0 Å². The summed E-state index contributed by atoms with van der Waals surface area (Å²) >= 11 is 0. The molecular weight excluding hydrogens is 284 g/mol. The molecule has 1 N–H and O–H groups in total. The van der Waals surface area contributed by atoms with Crippen LogP contribution < -0.4 is 0 Å². The molecule has 23 heavy (non-hydrogen) atoms. The third-order valence-corrected chi connectivity index (χ3v) is 4.16. The van der Waals surface area contributed by atoms with E-state index in [0.29, 0.717) is 5.56 Å². The van der Waals surface area contributed by atoms with Crippen LogP contribution in [0.15, 0.2) is 35.4 Å². The molecule has 0 unspecified atom stereocenters. The van der Waals surface area contributed by atoms with Gasteiger partial charge in [0.2, 0.25) is 0 Å². The van der Waals surface area contributed by atoms with Crippen molar-refractivity contribution in [2.75, 3.05) is 0 Å². The van der Waals surface area contributed by atoms with E-state index in [-0.39, 0.29) is 0 Å². The number of benzene rings is 1. The first-order valence-electron chi connectivity index (χ1n) is 8.50. The first kappa shape index (κ1) is 19.2. The van der Waals surface area contributed by atoms with Gasteiger partial charge in [0.1, 0.15) is 0 Å². The molecule has 0 aromatic heterocycles. The van der Waals surface area contributed by atoms with Crippen LogP contribution in [0.3, 0.4) is 0 Å². The van der Waals surface area contributed by atoms with Crippen LogP contribution in [0.25, 0.3) is 0 Å². The van der Waals surface area contributed by atoms with Gasteiger partial charge in [-0.25, -0.2) is 4.79 Å². The third-order valence-electron chi connectivity index (χ3n) is 4.16. The molecular formula is C21H30O2.